The standard InChI is InChI=1S/C43H66N6O6S.C2HF3O2/c1-10-27(4)37(48(7)43(53)36(26(2)3)46-41(52)38-30-18-19-31(24-30)47(38)6)34(54-8)25-35(50)49-21-14-17-33(49)39(55-9)28(5)40(51)45-32(42-44-20-22-56-42)23-29-15-12-11-13-16-29;3-2(4,5)1(6)7/h11-13,15-16,20,22,26-28,30-34,36-39H,10,14,17-19,21,23-25H2,1-9H3,(H,45,51)(H,46,52);(H,6,7)/t27-,28+,30?,31?,32-,33-,34+,36-,37-,38?,39+;/m0./s1. The lowest BCUT2D eigenvalue weighted by Gasteiger charge is -2.41. The summed E-state index contributed by atoms with van der Waals surface area (Å²) in [6, 6.07) is 8.72. The number of aliphatic carboxylic acids is 1. The molecule has 4 amide bonds. The molecule has 2 aromatic rings. The zero-order valence-electron chi connectivity index (χ0n) is 38.0. The molecule has 3 fully saturated rings. The number of halogens is 3. The number of thiazole rings is 1. The Kier molecular flexibility index (Phi) is 18.9. The lowest BCUT2D eigenvalue weighted by molar-refractivity contribution is -0.913. The van der Waals surface area contributed by atoms with Gasteiger partial charge in [-0.2, -0.15) is 13.2 Å². The molecule has 2 saturated heterocycles. The maximum absolute atomic E-state index is 14.4. The summed E-state index contributed by atoms with van der Waals surface area (Å²) in [7, 11) is 7.09. The van der Waals surface area contributed by atoms with Crippen molar-refractivity contribution in [3.05, 3.63) is 52.5 Å². The van der Waals surface area contributed by atoms with Crippen molar-refractivity contribution in [1.29, 1.82) is 0 Å². The second-order valence-corrected chi connectivity index (χ2v) is 18.6. The third-order valence-corrected chi connectivity index (χ3v) is 14.3. The average molecular weight is 909 g/mol. The number of benzene rings is 1. The minimum atomic E-state index is -5.19. The summed E-state index contributed by atoms with van der Waals surface area (Å²) >= 11 is 1.51. The van der Waals surface area contributed by atoms with Gasteiger partial charge in [0.05, 0.1) is 55.8 Å². The highest BCUT2D eigenvalue weighted by Gasteiger charge is 2.52. The van der Waals surface area contributed by atoms with Gasteiger partial charge in [0.2, 0.25) is 17.7 Å². The van der Waals surface area contributed by atoms with Crippen molar-refractivity contribution in [2.75, 3.05) is 34.9 Å². The van der Waals surface area contributed by atoms with E-state index in [0.29, 0.717) is 31.3 Å². The van der Waals surface area contributed by atoms with E-state index >= 15 is 0 Å². The number of likely N-dealkylation sites (N-methyl/N-ethyl adjacent to an activating group) is 2. The number of likely N-dealkylation sites (tertiary alicyclic amines) is 2. The summed E-state index contributed by atoms with van der Waals surface area (Å²) in [5, 5.41) is 17.9. The molecule has 3 heterocycles. The summed E-state index contributed by atoms with van der Waals surface area (Å²) in [4.78, 5) is 74.4. The Labute approximate surface area is 373 Å². The number of methoxy groups -OCH3 is 2. The van der Waals surface area contributed by atoms with E-state index in [1.165, 1.54) is 16.2 Å². The van der Waals surface area contributed by atoms with Crippen LogP contribution in [0.5, 0.6) is 0 Å². The number of amides is 4. The molecule has 3 N–H and O–H groups in total. The van der Waals surface area contributed by atoms with E-state index in [0.717, 1.165) is 42.7 Å². The Morgan fingerprint density at radius 2 is 1.70 bits per heavy atom. The molecule has 14 nitrogen and oxygen atoms in total. The quantitative estimate of drug-likeness (QED) is 0.192. The fourth-order valence-electron chi connectivity index (χ4n) is 9.82. The van der Waals surface area contributed by atoms with Crippen LogP contribution in [0.15, 0.2) is 41.9 Å². The Bertz CT molecular complexity index is 1800. The first-order chi connectivity index (χ1) is 29.7. The summed E-state index contributed by atoms with van der Waals surface area (Å²) in [6.45, 7) is 10.5. The van der Waals surface area contributed by atoms with Gasteiger partial charge in [0.25, 0.3) is 5.91 Å². The van der Waals surface area contributed by atoms with E-state index in [4.69, 9.17) is 19.4 Å². The largest absolute Gasteiger partial charge is 0.542 e. The molecule has 18 heteroatoms. The van der Waals surface area contributed by atoms with Gasteiger partial charge in [-0.3, -0.25) is 19.2 Å². The van der Waals surface area contributed by atoms with Crippen LogP contribution in [-0.2, 0) is 39.9 Å². The van der Waals surface area contributed by atoms with Crippen LogP contribution in [0.25, 0.3) is 0 Å². The number of alkyl halides is 3. The van der Waals surface area contributed by atoms with Crippen LogP contribution in [-0.4, -0.2) is 128 Å². The Balaban J connectivity index is 0.00000115. The Hall–Kier alpha value is -4.13. The van der Waals surface area contributed by atoms with E-state index in [1.807, 2.05) is 61.4 Å². The number of carbonyl (C=O) groups excluding carboxylic acids is 5. The number of hydrogen-bond donors (Lipinski definition) is 3. The Morgan fingerprint density at radius 1 is 1.03 bits per heavy atom. The minimum Gasteiger partial charge on any atom is -0.542 e. The van der Waals surface area contributed by atoms with E-state index < -0.39 is 42.4 Å². The molecule has 12 atom stereocenters. The summed E-state index contributed by atoms with van der Waals surface area (Å²) in [5.41, 5.74) is 1.10. The second kappa shape index (κ2) is 23.2. The highest BCUT2D eigenvalue weighted by atomic mass is 32.1. The molecular weight excluding hydrogens is 842 g/mol. The van der Waals surface area contributed by atoms with E-state index in [2.05, 4.69) is 36.5 Å². The van der Waals surface area contributed by atoms with Crippen LogP contribution in [0.1, 0.15) is 96.2 Å². The summed E-state index contributed by atoms with van der Waals surface area (Å²) < 4.78 is 43.7. The number of nitrogens with zero attached hydrogens (tertiary/aromatic N) is 3. The topological polar surface area (TPSA) is 175 Å². The van der Waals surface area contributed by atoms with Crippen LogP contribution in [0, 0.1) is 23.7 Å². The summed E-state index contributed by atoms with van der Waals surface area (Å²) in [6.07, 6.45) is 1.68. The number of aromatic nitrogens is 1. The van der Waals surface area contributed by atoms with Crippen molar-refractivity contribution < 1.29 is 56.6 Å². The number of carboxylic acid groups (broad SMARTS) is 1. The zero-order chi connectivity index (χ0) is 46.8. The molecule has 0 spiro atoms. The molecule has 1 aromatic carbocycles. The van der Waals surface area contributed by atoms with Gasteiger partial charge in [-0.05, 0) is 49.5 Å². The maximum Gasteiger partial charge on any atom is 0.430 e. The maximum atomic E-state index is 14.4. The molecule has 63 heavy (non-hydrogen) atoms. The first kappa shape index (κ1) is 51.5. The van der Waals surface area contributed by atoms with Gasteiger partial charge in [-0.15, -0.1) is 11.3 Å². The molecule has 1 aliphatic carbocycles. The van der Waals surface area contributed by atoms with Gasteiger partial charge in [0.1, 0.15) is 17.0 Å². The van der Waals surface area contributed by atoms with Crippen LogP contribution in [0.4, 0.5) is 13.2 Å². The first-order valence-electron chi connectivity index (χ1n) is 22.0. The average Bonchev–Trinajstić information content (AvgIpc) is 4.09. The van der Waals surface area contributed by atoms with Crippen molar-refractivity contribution in [3.63, 3.8) is 0 Å². The smallest absolute Gasteiger partial charge is 0.430 e. The van der Waals surface area contributed by atoms with Crippen molar-refractivity contribution in [2.24, 2.45) is 23.7 Å². The van der Waals surface area contributed by atoms with E-state index in [1.54, 1.807) is 32.4 Å². The fourth-order valence-corrected chi connectivity index (χ4v) is 10.5. The number of carboxylic acids is 1. The number of rotatable bonds is 19. The van der Waals surface area contributed by atoms with E-state index in [9.17, 15) is 32.3 Å². The SMILES string of the molecule is CC[C@H](C)[C@@H]([C@@H](CC(=O)N1CCC[C@H]1[C@H](OC)[C@@H](C)C(=O)N[C@@H](Cc1ccccc1)c1nccs1)OC)N(C)C(=O)[C@@H](NC(=O)C1C2CCC(C2)[NH+]1C)C(C)C.O=C([O-])C(F)(F)F. The number of ether oxygens (including phenoxy) is 2. The predicted octanol–water partition coefficient (Wildman–Crippen LogP) is 2.97. The van der Waals surface area contributed by atoms with Crippen molar-refractivity contribution in [2.45, 2.75) is 141 Å². The van der Waals surface area contributed by atoms with Crippen molar-refractivity contribution in [3.8, 4) is 0 Å². The first-order valence-corrected chi connectivity index (χ1v) is 22.9. The molecule has 3 aliphatic rings. The predicted molar refractivity (Wildman–Crippen MR) is 229 cm³/mol. The highest BCUT2D eigenvalue weighted by Crippen LogP contribution is 2.33. The summed E-state index contributed by atoms with van der Waals surface area (Å²) in [5.74, 6) is -3.76. The van der Waals surface area contributed by atoms with Gasteiger partial charge in [0.15, 0.2) is 6.04 Å². The molecule has 352 valence electrons. The van der Waals surface area contributed by atoms with Gasteiger partial charge in [0, 0.05) is 51.7 Å². The van der Waals surface area contributed by atoms with Crippen LogP contribution in [0.3, 0.4) is 0 Å². The van der Waals surface area contributed by atoms with Gasteiger partial charge >= 0.3 is 6.18 Å². The van der Waals surface area contributed by atoms with Crippen molar-refractivity contribution in [1.82, 2.24) is 25.4 Å². The van der Waals surface area contributed by atoms with Gasteiger partial charge in [-0.25, -0.2) is 4.98 Å². The van der Waals surface area contributed by atoms with Crippen LogP contribution < -0.4 is 20.6 Å². The molecule has 5 rings (SSSR count). The number of carbonyl (C=O) groups is 5. The van der Waals surface area contributed by atoms with Crippen LogP contribution in [0.2, 0.25) is 0 Å². The number of quaternary nitrogens is 1. The van der Waals surface area contributed by atoms with Gasteiger partial charge in [-0.1, -0.05) is 71.4 Å². The number of hydrogen-bond acceptors (Lipinski definition) is 10. The number of nitrogens with one attached hydrogen (secondary N) is 3. The van der Waals surface area contributed by atoms with Crippen LogP contribution >= 0.6 is 11.3 Å². The molecule has 1 aromatic heterocycles. The third-order valence-electron chi connectivity index (χ3n) is 13.4. The fraction of sp³-hybridized carbons (Fsp3) is 0.689. The zero-order valence-corrected chi connectivity index (χ0v) is 38.8. The van der Waals surface area contributed by atoms with Crippen molar-refractivity contribution >= 4 is 40.9 Å². The number of fused-ring (bicyclic) bond motifs is 2. The molecule has 2 aliphatic heterocycles. The monoisotopic (exact) mass is 908 g/mol. The molecular formula is C45H67F3N6O8S. The Morgan fingerprint density at radius 3 is 2.22 bits per heavy atom. The lowest BCUT2D eigenvalue weighted by atomic mass is 9.89. The molecule has 1 saturated carbocycles. The van der Waals surface area contributed by atoms with E-state index in [-0.39, 0.29) is 60.0 Å². The molecule has 0 radical (unpaired) electrons. The molecule has 4 unspecified atom stereocenters. The lowest BCUT2D eigenvalue weighted by Crippen LogP contribution is -3.16. The third kappa shape index (κ3) is 13.0. The second-order valence-electron chi connectivity index (χ2n) is 17.7. The normalized spacial score (nSPS) is 24.0. The number of piperidine rings is 1. The van der Waals surface area contributed by atoms with Gasteiger partial charge < -0.3 is 44.7 Å². The highest BCUT2D eigenvalue weighted by molar-refractivity contribution is 7.09. The molecule has 2 bridgehead atoms. The minimum absolute atomic E-state index is 0.0119.